The number of nitrogens with one attached hydrogen (secondary N) is 1. The fourth-order valence-electron chi connectivity index (χ4n) is 2.02. The van der Waals surface area contributed by atoms with Crippen molar-refractivity contribution in [2.24, 2.45) is 0 Å². The molecule has 1 aromatic carbocycles. The molecule has 2 aromatic rings. The highest BCUT2D eigenvalue weighted by molar-refractivity contribution is 9.10. The Kier molecular flexibility index (Phi) is 4.71. The van der Waals surface area contributed by atoms with Crippen molar-refractivity contribution in [1.82, 2.24) is 5.32 Å². The highest BCUT2D eigenvalue weighted by Gasteiger charge is 2.39. The van der Waals surface area contributed by atoms with Crippen molar-refractivity contribution in [3.8, 4) is 12.3 Å². The van der Waals surface area contributed by atoms with E-state index in [0.717, 1.165) is 9.86 Å². The number of rotatable bonds is 5. The molecule has 110 valence electrons. The van der Waals surface area contributed by atoms with E-state index >= 15 is 0 Å². The zero-order chi connectivity index (χ0) is 15.5. The second-order valence-corrected chi connectivity index (χ2v) is 5.61. The van der Waals surface area contributed by atoms with Crippen LogP contribution in [-0.4, -0.2) is 19.1 Å². The van der Waals surface area contributed by atoms with Gasteiger partial charge in [-0.3, -0.25) is 5.32 Å². The van der Waals surface area contributed by atoms with Crippen molar-refractivity contribution in [3.05, 3.63) is 34.5 Å². The number of fused-ring (bicyclic) bond motifs is 1. The number of benzene rings is 1. The maximum Gasteiger partial charge on any atom is 0.334 e. The van der Waals surface area contributed by atoms with Crippen molar-refractivity contribution in [1.29, 1.82) is 0 Å². The Bertz CT molecular complexity index is 701. The molecule has 1 atom stereocenters. The summed E-state index contributed by atoms with van der Waals surface area (Å²) in [4.78, 5) is 12.3. The average Bonchev–Trinajstić information content (AvgIpc) is 2.88. The molecule has 0 spiro atoms. The monoisotopic (exact) mass is 349 g/mol. The van der Waals surface area contributed by atoms with Crippen molar-refractivity contribution >= 4 is 32.9 Å². The van der Waals surface area contributed by atoms with Crippen LogP contribution in [0.15, 0.2) is 33.2 Å². The van der Waals surface area contributed by atoms with Crippen LogP contribution in [0.5, 0.6) is 0 Å². The predicted molar refractivity (Wildman–Crippen MR) is 84.7 cm³/mol. The molecule has 0 bridgehead atoms. The van der Waals surface area contributed by atoms with E-state index in [9.17, 15) is 4.79 Å². The summed E-state index contributed by atoms with van der Waals surface area (Å²) < 4.78 is 11.9. The van der Waals surface area contributed by atoms with Crippen molar-refractivity contribution in [2.45, 2.75) is 19.4 Å². The molecule has 0 aliphatic heterocycles. The van der Waals surface area contributed by atoms with Gasteiger partial charge in [-0.25, -0.2) is 4.79 Å². The van der Waals surface area contributed by atoms with Gasteiger partial charge < -0.3 is 9.15 Å². The Morgan fingerprint density at radius 3 is 2.95 bits per heavy atom. The molecule has 0 aliphatic carbocycles. The smallest absolute Gasteiger partial charge is 0.334 e. The number of hydrogen-bond acceptors (Lipinski definition) is 4. The Morgan fingerprint density at radius 1 is 1.52 bits per heavy atom. The molecule has 5 heteroatoms. The van der Waals surface area contributed by atoms with Crippen molar-refractivity contribution in [3.63, 3.8) is 0 Å². The third-order valence-corrected chi connectivity index (χ3v) is 3.69. The maximum absolute atomic E-state index is 12.3. The molecule has 1 aromatic heterocycles. The van der Waals surface area contributed by atoms with Gasteiger partial charge in [0.15, 0.2) is 5.54 Å². The minimum absolute atomic E-state index is 0.232. The topological polar surface area (TPSA) is 51.5 Å². The van der Waals surface area contributed by atoms with E-state index in [2.05, 4.69) is 27.2 Å². The molecule has 0 fully saturated rings. The first-order chi connectivity index (χ1) is 10.0. The Hall–Kier alpha value is -1.77. The molecule has 0 radical (unpaired) electrons. The van der Waals surface area contributed by atoms with Gasteiger partial charge in [-0.05, 0) is 38.1 Å². The molecule has 4 nitrogen and oxygen atoms in total. The SMILES string of the molecule is C#CCNC(C)(C(=O)OCC)c1cc2cc(Br)ccc2o1. The number of carbonyl (C=O) groups excluding carboxylic acids is 1. The lowest BCUT2D eigenvalue weighted by Crippen LogP contribution is -2.47. The number of carbonyl (C=O) groups is 1. The third kappa shape index (κ3) is 3.12. The first-order valence-electron chi connectivity index (χ1n) is 6.56. The predicted octanol–water partition coefficient (Wildman–Crippen LogP) is 3.20. The standard InChI is InChI=1S/C16H16BrNO3/c1-4-8-18-16(3,15(19)20-5-2)14-10-11-9-12(17)6-7-13(11)21-14/h1,6-7,9-10,18H,5,8H2,2-3H3. The minimum Gasteiger partial charge on any atom is -0.464 e. The maximum atomic E-state index is 12.3. The third-order valence-electron chi connectivity index (χ3n) is 3.20. The van der Waals surface area contributed by atoms with Gasteiger partial charge in [-0.2, -0.15) is 0 Å². The largest absolute Gasteiger partial charge is 0.464 e. The first kappa shape index (κ1) is 15.6. The van der Waals surface area contributed by atoms with E-state index in [1.807, 2.05) is 24.3 Å². The number of hydrogen-bond donors (Lipinski definition) is 1. The molecule has 0 aliphatic rings. The fourth-order valence-corrected chi connectivity index (χ4v) is 2.40. The molecule has 21 heavy (non-hydrogen) atoms. The molecular weight excluding hydrogens is 334 g/mol. The second kappa shape index (κ2) is 6.33. The van der Waals surface area contributed by atoms with Crippen LogP contribution in [0.1, 0.15) is 19.6 Å². The number of esters is 1. The summed E-state index contributed by atoms with van der Waals surface area (Å²) >= 11 is 3.41. The minimum atomic E-state index is -1.12. The van der Waals surface area contributed by atoms with Crippen LogP contribution < -0.4 is 5.32 Å². The van der Waals surface area contributed by atoms with Gasteiger partial charge in [0.05, 0.1) is 13.2 Å². The normalized spacial score (nSPS) is 13.6. The highest BCUT2D eigenvalue weighted by Crippen LogP contribution is 2.30. The van der Waals surface area contributed by atoms with E-state index in [-0.39, 0.29) is 13.2 Å². The Morgan fingerprint density at radius 2 is 2.29 bits per heavy atom. The van der Waals surface area contributed by atoms with Gasteiger partial charge in [0.1, 0.15) is 11.3 Å². The Balaban J connectivity index is 2.47. The average molecular weight is 350 g/mol. The molecular formula is C16H16BrNO3. The fraction of sp³-hybridized carbons (Fsp3) is 0.312. The lowest BCUT2D eigenvalue weighted by molar-refractivity contribution is -0.151. The van der Waals surface area contributed by atoms with E-state index in [1.165, 1.54) is 0 Å². The molecule has 1 unspecified atom stereocenters. The van der Waals surface area contributed by atoms with Crippen LogP contribution in [0.25, 0.3) is 11.0 Å². The summed E-state index contributed by atoms with van der Waals surface area (Å²) in [5.74, 6) is 2.52. The van der Waals surface area contributed by atoms with Crippen LogP contribution in [0.3, 0.4) is 0 Å². The zero-order valence-electron chi connectivity index (χ0n) is 11.9. The molecule has 0 amide bonds. The quantitative estimate of drug-likeness (QED) is 0.665. The Labute approximate surface area is 132 Å². The summed E-state index contributed by atoms with van der Waals surface area (Å²) in [7, 11) is 0. The first-order valence-corrected chi connectivity index (χ1v) is 7.36. The molecule has 0 saturated carbocycles. The number of terminal acetylenes is 1. The van der Waals surface area contributed by atoms with Crippen LogP contribution in [0.4, 0.5) is 0 Å². The molecule has 1 N–H and O–H groups in total. The molecule has 2 rings (SSSR count). The number of ether oxygens (including phenoxy) is 1. The lowest BCUT2D eigenvalue weighted by Gasteiger charge is -2.25. The van der Waals surface area contributed by atoms with Crippen LogP contribution >= 0.6 is 15.9 Å². The van der Waals surface area contributed by atoms with Gasteiger partial charge in [-0.15, -0.1) is 6.42 Å². The summed E-state index contributed by atoms with van der Waals surface area (Å²) in [6, 6.07) is 7.47. The van der Waals surface area contributed by atoms with Gasteiger partial charge in [0.2, 0.25) is 0 Å². The van der Waals surface area contributed by atoms with Crippen molar-refractivity contribution in [2.75, 3.05) is 13.2 Å². The zero-order valence-corrected chi connectivity index (χ0v) is 13.5. The summed E-state index contributed by atoms with van der Waals surface area (Å²) in [5, 5.41) is 3.91. The van der Waals surface area contributed by atoms with E-state index < -0.39 is 11.5 Å². The van der Waals surface area contributed by atoms with E-state index in [1.54, 1.807) is 13.8 Å². The van der Waals surface area contributed by atoms with Crippen LogP contribution in [-0.2, 0) is 15.1 Å². The van der Waals surface area contributed by atoms with Gasteiger partial charge in [0.25, 0.3) is 0 Å². The van der Waals surface area contributed by atoms with Gasteiger partial charge in [-0.1, -0.05) is 21.9 Å². The number of halogens is 1. The van der Waals surface area contributed by atoms with Gasteiger partial charge in [0, 0.05) is 9.86 Å². The highest BCUT2D eigenvalue weighted by atomic mass is 79.9. The lowest BCUT2D eigenvalue weighted by atomic mass is 9.98. The number of furan rings is 1. The summed E-state index contributed by atoms with van der Waals surface area (Å²) in [5.41, 5.74) is -0.417. The summed E-state index contributed by atoms with van der Waals surface area (Å²) in [6.45, 7) is 3.98. The van der Waals surface area contributed by atoms with E-state index in [4.69, 9.17) is 15.6 Å². The van der Waals surface area contributed by atoms with Gasteiger partial charge >= 0.3 is 5.97 Å². The molecule has 0 saturated heterocycles. The van der Waals surface area contributed by atoms with Crippen LogP contribution in [0.2, 0.25) is 0 Å². The summed E-state index contributed by atoms with van der Waals surface area (Å²) in [6.07, 6.45) is 5.28. The van der Waals surface area contributed by atoms with Crippen molar-refractivity contribution < 1.29 is 13.9 Å². The second-order valence-electron chi connectivity index (χ2n) is 4.70. The van der Waals surface area contributed by atoms with Crippen LogP contribution in [0, 0.1) is 12.3 Å². The molecule has 1 heterocycles. The van der Waals surface area contributed by atoms with E-state index in [0.29, 0.717) is 11.3 Å².